The Bertz CT molecular complexity index is 1450. The number of nitro benzene ring substituents is 1. The predicted molar refractivity (Wildman–Crippen MR) is 149 cm³/mol. The summed E-state index contributed by atoms with van der Waals surface area (Å²) in [7, 11) is 0. The molecule has 37 heavy (non-hydrogen) atoms. The number of carbonyl (C=O) groups is 1. The van der Waals surface area contributed by atoms with Gasteiger partial charge >= 0.3 is 0 Å². The van der Waals surface area contributed by atoms with Crippen LogP contribution in [-0.4, -0.2) is 16.6 Å². The Balaban J connectivity index is 1.45. The fourth-order valence-electron chi connectivity index (χ4n) is 3.81. The summed E-state index contributed by atoms with van der Waals surface area (Å²) in [6.07, 6.45) is 0. The third-order valence-electron chi connectivity index (χ3n) is 5.54. The molecule has 1 amide bonds. The molecule has 1 aliphatic rings. The molecule has 0 radical (unpaired) electrons. The molecule has 1 fully saturated rings. The number of halogens is 2. The van der Waals surface area contributed by atoms with E-state index in [0.717, 1.165) is 9.79 Å². The zero-order valence-electron chi connectivity index (χ0n) is 19.0. The second-order valence-electron chi connectivity index (χ2n) is 8.01. The molecule has 5 rings (SSSR count). The average molecular weight is 569 g/mol. The van der Waals surface area contributed by atoms with Crippen molar-refractivity contribution in [3.05, 3.63) is 117 Å². The number of hydrogen-bond donors (Lipinski definition) is 0. The van der Waals surface area contributed by atoms with Crippen molar-refractivity contribution in [3.8, 4) is 11.5 Å². The molecule has 1 heterocycles. The number of ether oxygens (including phenoxy) is 1. The summed E-state index contributed by atoms with van der Waals surface area (Å²) in [5, 5.41) is 12.4. The number of anilines is 1. The fourth-order valence-corrected chi connectivity index (χ4v) is 6.29. The summed E-state index contributed by atoms with van der Waals surface area (Å²) in [6, 6.07) is 26.4. The summed E-state index contributed by atoms with van der Waals surface area (Å²) in [4.78, 5) is 27.6. The average Bonchev–Trinajstić information content (AvgIpc) is 3.28. The van der Waals surface area contributed by atoms with Gasteiger partial charge in [0, 0.05) is 43.2 Å². The largest absolute Gasteiger partial charge is 0.457 e. The van der Waals surface area contributed by atoms with Crippen molar-refractivity contribution in [2.45, 2.75) is 15.2 Å². The van der Waals surface area contributed by atoms with Gasteiger partial charge in [-0.3, -0.25) is 19.8 Å². The van der Waals surface area contributed by atoms with Crippen molar-refractivity contribution in [2.75, 3.05) is 10.7 Å². The van der Waals surface area contributed by atoms with E-state index in [9.17, 15) is 14.9 Å². The molecule has 0 N–H and O–H groups in total. The maximum atomic E-state index is 13.0. The summed E-state index contributed by atoms with van der Waals surface area (Å²) in [5.41, 5.74) is 1.35. The highest BCUT2D eigenvalue weighted by Crippen LogP contribution is 2.47. The van der Waals surface area contributed by atoms with Crippen LogP contribution in [0.4, 0.5) is 11.4 Å². The van der Waals surface area contributed by atoms with Crippen LogP contribution in [0.1, 0.15) is 10.9 Å². The van der Waals surface area contributed by atoms with Crippen LogP contribution in [0.3, 0.4) is 0 Å². The van der Waals surface area contributed by atoms with Crippen molar-refractivity contribution in [3.63, 3.8) is 0 Å². The van der Waals surface area contributed by atoms with Crippen LogP contribution < -0.4 is 9.64 Å². The first-order valence-corrected chi connectivity index (χ1v) is 13.7. The van der Waals surface area contributed by atoms with Crippen molar-refractivity contribution < 1.29 is 14.5 Å². The molecule has 1 atom stereocenters. The Hall–Kier alpha value is -3.17. The van der Waals surface area contributed by atoms with E-state index in [-0.39, 0.29) is 17.3 Å². The molecule has 0 spiro atoms. The van der Waals surface area contributed by atoms with E-state index in [0.29, 0.717) is 32.8 Å². The van der Waals surface area contributed by atoms with Crippen molar-refractivity contribution in [2.24, 2.45) is 0 Å². The maximum Gasteiger partial charge on any atom is 0.269 e. The van der Waals surface area contributed by atoms with Crippen LogP contribution >= 0.6 is 46.7 Å². The molecule has 0 saturated carbocycles. The van der Waals surface area contributed by atoms with Gasteiger partial charge in [0.2, 0.25) is 5.91 Å². The summed E-state index contributed by atoms with van der Waals surface area (Å²) in [5.74, 6) is 1.44. The van der Waals surface area contributed by atoms with Crippen molar-refractivity contribution >= 4 is 64.0 Å². The van der Waals surface area contributed by atoms with Gasteiger partial charge in [0.15, 0.2) is 0 Å². The first kappa shape index (κ1) is 25.5. The molecule has 6 nitrogen and oxygen atoms in total. The monoisotopic (exact) mass is 568 g/mol. The van der Waals surface area contributed by atoms with Gasteiger partial charge < -0.3 is 4.74 Å². The molecule has 1 saturated heterocycles. The lowest BCUT2D eigenvalue weighted by Gasteiger charge is -2.26. The van der Waals surface area contributed by atoms with E-state index in [4.69, 9.17) is 27.9 Å². The highest BCUT2D eigenvalue weighted by Gasteiger charge is 2.36. The van der Waals surface area contributed by atoms with Gasteiger partial charge in [0.1, 0.15) is 16.9 Å². The van der Waals surface area contributed by atoms with E-state index in [1.54, 1.807) is 65.6 Å². The number of amides is 1. The lowest BCUT2D eigenvalue weighted by atomic mass is 10.1. The zero-order valence-corrected chi connectivity index (χ0v) is 22.2. The van der Waals surface area contributed by atoms with Crippen LogP contribution in [0.25, 0.3) is 0 Å². The predicted octanol–water partition coefficient (Wildman–Crippen LogP) is 8.62. The maximum absolute atomic E-state index is 13.0. The molecule has 10 heteroatoms. The number of non-ortho nitro benzene ring substituents is 1. The second kappa shape index (κ2) is 11.1. The minimum Gasteiger partial charge on any atom is -0.457 e. The SMILES string of the molecule is O=C1CSC(c2cc([N+](=O)[O-])ccc2Sc2ccc(Cl)cc2)N1c1ccc(Oc2ccc(Cl)cc2)cc1. The number of thioether (sulfide) groups is 1. The summed E-state index contributed by atoms with van der Waals surface area (Å²) in [6.45, 7) is 0. The number of carbonyl (C=O) groups excluding carboxylic acids is 1. The van der Waals surface area contributed by atoms with Gasteiger partial charge in [-0.25, -0.2) is 0 Å². The van der Waals surface area contributed by atoms with E-state index >= 15 is 0 Å². The third kappa shape index (κ3) is 5.88. The smallest absolute Gasteiger partial charge is 0.269 e. The molecule has 1 aliphatic heterocycles. The molecule has 186 valence electrons. The van der Waals surface area contributed by atoms with E-state index in [1.807, 2.05) is 24.3 Å². The van der Waals surface area contributed by atoms with Gasteiger partial charge in [-0.2, -0.15) is 0 Å². The number of rotatable bonds is 7. The Morgan fingerprint density at radius 2 is 1.49 bits per heavy atom. The van der Waals surface area contributed by atoms with Gasteiger partial charge in [0.05, 0.1) is 10.7 Å². The Labute approximate surface area is 231 Å². The van der Waals surface area contributed by atoms with E-state index in [2.05, 4.69) is 0 Å². The Morgan fingerprint density at radius 1 is 0.892 bits per heavy atom. The third-order valence-corrected chi connectivity index (χ3v) is 8.34. The second-order valence-corrected chi connectivity index (χ2v) is 11.1. The molecule has 0 bridgehead atoms. The van der Waals surface area contributed by atoms with Crippen LogP contribution in [0, 0.1) is 10.1 Å². The molecule has 0 aliphatic carbocycles. The standard InChI is InChI=1S/C27H18Cl2N2O4S2/c28-17-1-8-21(9-2-17)35-22-10-5-19(6-11-22)30-26(32)16-36-27(30)24-15-20(31(33)34)7-14-25(24)37-23-12-3-18(29)4-13-23/h1-15,27H,16H2. The topological polar surface area (TPSA) is 72.7 Å². The summed E-state index contributed by atoms with van der Waals surface area (Å²) >= 11 is 14.9. The quantitative estimate of drug-likeness (QED) is 0.164. The first-order chi connectivity index (χ1) is 17.9. The molecule has 4 aromatic carbocycles. The first-order valence-electron chi connectivity index (χ1n) is 11.1. The van der Waals surface area contributed by atoms with Gasteiger partial charge in [-0.05, 0) is 78.9 Å². The van der Waals surface area contributed by atoms with Gasteiger partial charge in [-0.15, -0.1) is 11.8 Å². The van der Waals surface area contributed by atoms with Crippen molar-refractivity contribution in [1.29, 1.82) is 0 Å². The molecular formula is C27H18Cl2N2O4S2. The Morgan fingerprint density at radius 3 is 2.11 bits per heavy atom. The number of hydrogen-bond acceptors (Lipinski definition) is 6. The van der Waals surface area contributed by atoms with Crippen LogP contribution in [-0.2, 0) is 4.79 Å². The lowest BCUT2D eigenvalue weighted by molar-refractivity contribution is -0.385. The molecular weight excluding hydrogens is 551 g/mol. The minimum absolute atomic E-state index is 0.0259. The minimum atomic E-state index is -0.426. The van der Waals surface area contributed by atoms with Crippen LogP contribution in [0.5, 0.6) is 11.5 Å². The molecule has 4 aromatic rings. The number of nitrogens with zero attached hydrogens (tertiary/aromatic N) is 2. The Kier molecular flexibility index (Phi) is 7.62. The number of nitro groups is 1. The molecule has 0 aromatic heterocycles. The normalized spacial score (nSPS) is 15.1. The van der Waals surface area contributed by atoms with Gasteiger partial charge in [0.25, 0.3) is 5.69 Å². The van der Waals surface area contributed by atoms with Crippen LogP contribution in [0.2, 0.25) is 10.0 Å². The lowest BCUT2D eigenvalue weighted by Crippen LogP contribution is -2.28. The summed E-state index contributed by atoms with van der Waals surface area (Å²) < 4.78 is 5.87. The zero-order chi connectivity index (χ0) is 25.9. The van der Waals surface area contributed by atoms with E-state index in [1.165, 1.54) is 29.6 Å². The number of benzene rings is 4. The highest BCUT2D eigenvalue weighted by molar-refractivity contribution is 8.01. The fraction of sp³-hybridized carbons (Fsp3) is 0.0741. The van der Waals surface area contributed by atoms with E-state index < -0.39 is 10.3 Å². The molecule has 1 unspecified atom stereocenters. The van der Waals surface area contributed by atoms with Gasteiger partial charge in [-0.1, -0.05) is 35.0 Å². The highest BCUT2D eigenvalue weighted by atomic mass is 35.5. The van der Waals surface area contributed by atoms with Crippen molar-refractivity contribution in [1.82, 2.24) is 0 Å². The van der Waals surface area contributed by atoms with Crippen LogP contribution in [0.15, 0.2) is 101 Å².